The summed E-state index contributed by atoms with van der Waals surface area (Å²) < 4.78 is 2.51. The van der Waals surface area contributed by atoms with E-state index in [-0.39, 0.29) is 11.9 Å². The molecule has 1 aromatic rings. The summed E-state index contributed by atoms with van der Waals surface area (Å²) in [6.07, 6.45) is 0. The molecule has 18 heavy (non-hydrogen) atoms. The van der Waals surface area contributed by atoms with Crippen LogP contribution >= 0.6 is 47.8 Å². The smallest absolute Gasteiger partial charge is 0.290 e. The Hall–Kier alpha value is -0.400. The molecule has 0 aromatic heterocycles. The third-order valence-electron chi connectivity index (χ3n) is 2.37. The highest BCUT2D eigenvalue weighted by atomic mass is 79.9. The molecule has 1 aromatic carbocycles. The molecule has 2 rings (SSSR count). The van der Waals surface area contributed by atoms with Crippen LogP contribution in [0.4, 0.5) is 5.69 Å². The Labute approximate surface area is 130 Å². The van der Waals surface area contributed by atoms with Crippen molar-refractivity contribution in [3.63, 3.8) is 0 Å². The second kappa shape index (κ2) is 5.71. The maximum absolute atomic E-state index is 12.0. The first-order valence-electron chi connectivity index (χ1n) is 5.24. The molecule has 1 unspecified atom stereocenters. The minimum atomic E-state index is -0.233. The fourth-order valence-electron chi connectivity index (χ4n) is 1.52. The van der Waals surface area contributed by atoms with Crippen LogP contribution in [0.5, 0.6) is 0 Å². The molecule has 1 heterocycles. The molecule has 7 heteroatoms. The number of halogens is 3. The number of carbonyl (C=O) groups is 1. The molecule has 0 saturated carbocycles. The topological polar surface area (TPSA) is 53.5 Å². The van der Waals surface area contributed by atoms with E-state index in [1.807, 2.05) is 19.1 Å². The fraction of sp³-hybridized carbons (Fsp3) is 0.273. The van der Waals surface area contributed by atoms with Crippen molar-refractivity contribution in [2.45, 2.75) is 13.0 Å². The van der Waals surface area contributed by atoms with Gasteiger partial charge in [-0.3, -0.25) is 9.79 Å². The van der Waals surface area contributed by atoms with Crippen molar-refractivity contribution < 1.29 is 4.79 Å². The Morgan fingerprint density at radius 1 is 1.39 bits per heavy atom. The van der Waals surface area contributed by atoms with Crippen LogP contribution in [0.25, 0.3) is 0 Å². The Balaban J connectivity index is 2.17. The van der Waals surface area contributed by atoms with Gasteiger partial charge in [0.2, 0.25) is 0 Å². The third-order valence-corrected chi connectivity index (χ3v) is 4.08. The van der Waals surface area contributed by atoms with E-state index in [4.69, 9.17) is 0 Å². The second-order valence-corrected chi connectivity index (χ2v) is 6.56. The van der Waals surface area contributed by atoms with E-state index >= 15 is 0 Å². The lowest BCUT2D eigenvalue weighted by Gasteiger charge is -2.11. The lowest BCUT2D eigenvalue weighted by atomic mass is 10.3. The minimum Gasteiger partial charge on any atom is -0.361 e. The van der Waals surface area contributed by atoms with Gasteiger partial charge in [-0.25, -0.2) is 0 Å². The fourth-order valence-corrected chi connectivity index (χ4v) is 3.98. The Bertz CT molecular complexity index is 507. The predicted octanol–water partition coefficient (Wildman–Crippen LogP) is 3.30. The van der Waals surface area contributed by atoms with Crippen LogP contribution in [0, 0.1) is 0 Å². The van der Waals surface area contributed by atoms with Crippen molar-refractivity contribution in [3.8, 4) is 0 Å². The van der Waals surface area contributed by atoms with Crippen LogP contribution < -0.4 is 10.6 Å². The first-order valence-corrected chi connectivity index (χ1v) is 7.62. The summed E-state index contributed by atoms with van der Waals surface area (Å²) in [6.45, 7) is 2.61. The molecule has 0 spiro atoms. The Morgan fingerprint density at radius 2 is 2.00 bits per heavy atom. The monoisotopic (exact) mass is 437 g/mol. The molecule has 0 saturated heterocycles. The summed E-state index contributed by atoms with van der Waals surface area (Å²) in [6, 6.07) is 3.95. The van der Waals surface area contributed by atoms with E-state index < -0.39 is 0 Å². The van der Waals surface area contributed by atoms with Gasteiger partial charge in [-0.05, 0) is 50.9 Å². The quantitative estimate of drug-likeness (QED) is 0.743. The number of carbonyl (C=O) groups excluding carboxylic acids is 1. The number of benzene rings is 1. The number of nitrogens with zero attached hydrogens (tertiary/aromatic N) is 1. The highest BCUT2D eigenvalue weighted by molar-refractivity contribution is 9.11. The number of hydrogen-bond acceptors (Lipinski definition) is 3. The largest absolute Gasteiger partial charge is 0.361 e. The van der Waals surface area contributed by atoms with Crippen LogP contribution in [0.1, 0.15) is 6.92 Å². The zero-order chi connectivity index (χ0) is 13.3. The average Bonchev–Trinajstić information content (AvgIpc) is 2.70. The highest BCUT2D eigenvalue weighted by Gasteiger charge is 2.21. The van der Waals surface area contributed by atoms with Gasteiger partial charge in [0, 0.05) is 19.5 Å². The molecule has 1 aliphatic rings. The van der Waals surface area contributed by atoms with E-state index in [2.05, 4.69) is 63.4 Å². The van der Waals surface area contributed by atoms with Crippen LogP contribution in [0.3, 0.4) is 0 Å². The second-order valence-electron chi connectivity index (χ2n) is 3.93. The van der Waals surface area contributed by atoms with Gasteiger partial charge in [0.1, 0.15) is 0 Å². The van der Waals surface area contributed by atoms with Crippen LogP contribution in [-0.4, -0.2) is 24.3 Å². The summed E-state index contributed by atoms with van der Waals surface area (Å²) in [5, 5.41) is 5.84. The molecule has 1 amide bonds. The molecule has 2 N–H and O–H groups in total. The van der Waals surface area contributed by atoms with Gasteiger partial charge in [0.15, 0.2) is 5.84 Å². The predicted molar refractivity (Wildman–Crippen MR) is 83.1 cm³/mol. The highest BCUT2D eigenvalue weighted by Crippen LogP contribution is 2.34. The van der Waals surface area contributed by atoms with Crippen LogP contribution in [0.15, 0.2) is 30.5 Å². The first kappa shape index (κ1) is 14.0. The van der Waals surface area contributed by atoms with Crippen LogP contribution in [0.2, 0.25) is 0 Å². The van der Waals surface area contributed by atoms with E-state index in [0.717, 1.165) is 13.4 Å². The van der Waals surface area contributed by atoms with Crippen molar-refractivity contribution >= 4 is 65.2 Å². The summed E-state index contributed by atoms with van der Waals surface area (Å²) in [4.78, 5) is 16.1. The van der Waals surface area contributed by atoms with Crippen molar-refractivity contribution in [3.05, 3.63) is 25.6 Å². The number of rotatable bonds is 2. The molecular formula is C11H10Br3N3O. The molecular weight excluding hydrogens is 430 g/mol. The van der Waals surface area contributed by atoms with E-state index in [1.165, 1.54) is 0 Å². The van der Waals surface area contributed by atoms with Gasteiger partial charge in [-0.2, -0.15) is 0 Å². The lowest BCUT2D eigenvalue weighted by molar-refractivity contribution is -0.110. The molecule has 1 atom stereocenters. The minimum absolute atomic E-state index is 0.211. The SMILES string of the molecule is CC1CN=C(C(=O)Nc2c(Br)cc(Br)cc2Br)N1. The van der Waals surface area contributed by atoms with Crippen molar-refractivity contribution in [1.82, 2.24) is 5.32 Å². The molecule has 1 aliphatic heterocycles. The Kier molecular flexibility index (Phi) is 4.45. The summed E-state index contributed by atoms with van der Waals surface area (Å²) in [7, 11) is 0. The number of amidine groups is 1. The van der Waals surface area contributed by atoms with E-state index in [1.54, 1.807) is 0 Å². The van der Waals surface area contributed by atoms with Gasteiger partial charge in [-0.15, -0.1) is 0 Å². The van der Waals surface area contributed by atoms with E-state index in [9.17, 15) is 4.79 Å². The van der Waals surface area contributed by atoms with Gasteiger partial charge in [0.25, 0.3) is 5.91 Å². The van der Waals surface area contributed by atoms with Gasteiger partial charge < -0.3 is 10.6 Å². The number of aliphatic imine (C=N–C) groups is 1. The average molecular weight is 440 g/mol. The zero-order valence-electron chi connectivity index (χ0n) is 9.43. The van der Waals surface area contributed by atoms with Gasteiger partial charge in [0.05, 0.1) is 12.2 Å². The van der Waals surface area contributed by atoms with Crippen molar-refractivity contribution in [2.24, 2.45) is 4.99 Å². The molecule has 0 bridgehead atoms. The molecule has 0 fully saturated rings. The molecule has 96 valence electrons. The number of anilines is 1. The van der Waals surface area contributed by atoms with Gasteiger partial charge >= 0.3 is 0 Å². The normalized spacial score (nSPS) is 18.2. The summed E-state index contributed by atoms with van der Waals surface area (Å²) in [5.41, 5.74) is 0.687. The van der Waals surface area contributed by atoms with Crippen molar-refractivity contribution in [1.29, 1.82) is 0 Å². The van der Waals surface area contributed by atoms with Crippen molar-refractivity contribution in [2.75, 3.05) is 11.9 Å². The number of hydrogen-bond donors (Lipinski definition) is 2. The Morgan fingerprint density at radius 3 is 2.50 bits per heavy atom. The number of nitrogens with one attached hydrogen (secondary N) is 2. The maximum atomic E-state index is 12.0. The standard InChI is InChI=1S/C11H10Br3N3O/c1-5-4-15-10(16-5)11(18)17-9-7(13)2-6(12)3-8(9)14/h2-3,5H,4H2,1H3,(H,15,16)(H,17,18). The first-order chi connectivity index (χ1) is 8.47. The number of amides is 1. The molecule has 0 radical (unpaired) electrons. The summed E-state index contributed by atoms with van der Waals surface area (Å²) >= 11 is 10.2. The van der Waals surface area contributed by atoms with Gasteiger partial charge in [-0.1, -0.05) is 15.9 Å². The summed E-state index contributed by atoms with van der Waals surface area (Å²) in [5.74, 6) is 0.146. The van der Waals surface area contributed by atoms with Crippen LogP contribution in [-0.2, 0) is 4.79 Å². The van der Waals surface area contributed by atoms with E-state index in [0.29, 0.717) is 18.1 Å². The molecule has 4 nitrogen and oxygen atoms in total. The lowest BCUT2D eigenvalue weighted by Crippen LogP contribution is -2.36. The maximum Gasteiger partial charge on any atom is 0.290 e. The third kappa shape index (κ3) is 3.13. The zero-order valence-corrected chi connectivity index (χ0v) is 14.2. The molecule has 0 aliphatic carbocycles.